The van der Waals surface area contributed by atoms with Gasteiger partial charge < -0.3 is 14.9 Å². The number of ether oxygens (including phenoxy) is 1. The molecule has 0 aromatic heterocycles. The van der Waals surface area contributed by atoms with Gasteiger partial charge in [0.15, 0.2) is 0 Å². The number of phenolic OH excluding ortho intramolecular Hbond substituents is 1. The maximum Gasteiger partial charge on any atom is 0.119 e. The summed E-state index contributed by atoms with van der Waals surface area (Å²) in [5.74, 6) is 1.07. The highest BCUT2D eigenvalue weighted by Gasteiger charge is 2.14. The number of hydrogen-bond acceptors (Lipinski definition) is 3. The van der Waals surface area contributed by atoms with E-state index in [9.17, 15) is 5.11 Å². The van der Waals surface area contributed by atoms with E-state index in [1.165, 1.54) is 42.4 Å². The summed E-state index contributed by atoms with van der Waals surface area (Å²) in [4.78, 5) is 0. The van der Waals surface area contributed by atoms with E-state index in [2.05, 4.69) is 12.1 Å². The molecule has 0 saturated heterocycles. The summed E-state index contributed by atoms with van der Waals surface area (Å²) >= 11 is 0. The fraction of sp³-hybridized carbons (Fsp3) is 0.364. The molecule has 0 heterocycles. The molecule has 1 fully saturated rings. The van der Waals surface area contributed by atoms with Gasteiger partial charge in [0, 0.05) is 0 Å². The Hall–Kier alpha value is -2.26. The zero-order chi connectivity index (χ0) is 17.5. The third-order valence-electron chi connectivity index (χ3n) is 4.72. The Labute approximate surface area is 149 Å². The summed E-state index contributed by atoms with van der Waals surface area (Å²) in [7, 11) is 0. The lowest BCUT2D eigenvalue weighted by Gasteiger charge is -2.16. The lowest BCUT2D eigenvalue weighted by Crippen LogP contribution is -2.01. The average Bonchev–Trinajstić information content (AvgIpc) is 2.92. The van der Waals surface area contributed by atoms with E-state index in [4.69, 9.17) is 9.84 Å². The first-order valence-electron chi connectivity index (χ1n) is 9.13. The predicted octanol–water partition coefficient (Wildman–Crippen LogP) is 4.92. The van der Waals surface area contributed by atoms with Crippen LogP contribution >= 0.6 is 0 Å². The largest absolute Gasteiger partial charge is 0.508 e. The zero-order valence-electron chi connectivity index (χ0n) is 14.6. The molecule has 2 N–H and O–H groups in total. The second-order valence-corrected chi connectivity index (χ2v) is 6.54. The van der Waals surface area contributed by atoms with Gasteiger partial charge in [0.2, 0.25) is 0 Å². The molecule has 2 aromatic carbocycles. The van der Waals surface area contributed by atoms with Crippen LogP contribution in [0, 0.1) is 0 Å². The van der Waals surface area contributed by atoms with Crippen LogP contribution in [-0.4, -0.2) is 23.4 Å². The smallest absolute Gasteiger partial charge is 0.119 e. The molecule has 0 atom stereocenters. The number of rotatable bonds is 5. The maximum absolute atomic E-state index is 9.63. The molecule has 0 aliphatic heterocycles. The van der Waals surface area contributed by atoms with E-state index in [-0.39, 0.29) is 6.61 Å². The Kier molecular flexibility index (Phi) is 6.13. The minimum atomic E-state index is 0.0184. The summed E-state index contributed by atoms with van der Waals surface area (Å²) in [5.41, 5.74) is 5.13. The number of phenols is 1. The Morgan fingerprint density at radius 2 is 1.36 bits per heavy atom. The van der Waals surface area contributed by atoms with Crippen molar-refractivity contribution in [3.8, 4) is 11.5 Å². The van der Waals surface area contributed by atoms with Gasteiger partial charge in [-0.25, -0.2) is 0 Å². The van der Waals surface area contributed by atoms with Crippen molar-refractivity contribution in [2.24, 2.45) is 0 Å². The lowest BCUT2D eigenvalue weighted by molar-refractivity contribution is 0.201. The molecule has 0 radical (unpaired) electrons. The van der Waals surface area contributed by atoms with Crippen LogP contribution in [0.15, 0.2) is 54.1 Å². The van der Waals surface area contributed by atoms with Crippen LogP contribution in [0.5, 0.6) is 11.5 Å². The molecule has 1 saturated carbocycles. The molecular formula is C22H26O3. The molecular weight excluding hydrogens is 312 g/mol. The van der Waals surface area contributed by atoms with Crippen molar-refractivity contribution in [3.05, 3.63) is 65.2 Å². The van der Waals surface area contributed by atoms with E-state index >= 15 is 0 Å². The van der Waals surface area contributed by atoms with Crippen molar-refractivity contribution in [3.63, 3.8) is 0 Å². The van der Waals surface area contributed by atoms with Crippen molar-refractivity contribution < 1.29 is 14.9 Å². The summed E-state index contributed by atoms with van der Waals surface area (Å²) in [5, 5.41) is 18.5. The monoisotopic (exact) mass is 338 g/mol. The van der Waals surface area contributed by atoms with Crippen LogP contribution in [0.25, 0.3) is 5.57 Å². The number of aliphatic hydroxyl groups is 1. The third kappa shape index (κ3) is 4.64. The Morgan fingerprint density at radius 3 is 1.92 bits per heavy atom. The third-order valence-corrected chi connectivity index (χ3v) is 4.72. The first kappa shape index (κ1) is 17.6. The highest BCUT2D eigenvalue weighted by Crippen LogP contribution is 2.35. The normalized spacial score (nSPS) is 14.8. The molecule has 3 heteroatoms. The van der Waals surface area contributed by atoms with Crippen molar-refractivity contribution in [1.29, 1.82) is 0 Å². The van der Waals surface area contributed by atoms with Crippen LogP contribution in [0.4, 0.5) is 0 Å². The number of benzene rings is 2. The maximum atomic E-state index is 9.63. The summed E-state index contributed by atoms with van der Waals surface area (Å²) in [6.45, 7) is 0.329. The Morgan fingerprint density at radius 1 is 0.800 bits per heavy atom. The SMILES string of the molecule is OCCOc1ccc(C(=C2CCCCCC2)c2ccc(O)cc2)cc1. The Balaban J connectivity index is 1.98. The van der Waals surface area contributed by atoms with Crippen molar-refractivity contribution in [1.82, 2.24) is 0 Å². The molecule has 132 valence electrons. The standard InChI is InChI=1S/C22H26O3/c23-15-16-25-21-13-9-19(10-14-21)22(17-5-3-1-2-4-6-17)18-7-11-20(24)12-8-18/h7-14,23-24H,1-6,15-16H2. The summed E-state index contributed by atoms with van der Waals surface area (Å²) in [6, 6.07) is 15.6. The topological polar surface area (TPSA) is 49.7 Å². The molecule has 1 aliphatic carbocycles. The van der Waals surface area contributed by atoms with Gasteiger partial charge in [-0.15, -0.1) is 0 Å². The van der Waals surface area contributed by atoms with Gasteiger partial charge >= 0.3 is 0 Å². The first-order chi connectivity index (χ1) is 12.3. The molecule has 0 spiro atoms. The van der Waals surface area contributed by atoms with Gasteiger partial charge in [0.05, 0.1) is 6.61 Å². The van der Waals surface area contributed by atoms with Gasteiger partial charge in [0.25, 0.3) is 0 Å². The number of hydrogen-bond donors (Lipinski definition) is 2. The zero-order valence-corrected chi connectivity index (χ0v) is 14.6. The lowest BCUT2D eigenvalue weighted by atomic mass is 9.89. The number of aliphatic hydroxyl groups excluding tert-OH is 1. The molecule has 2 aromatic rings. The molecule has 3 rings (SSSR count). The van der Waals surface area contributed by atoms with Gasteiger partial charge in [0.1, 0.15) is 18.1 Å². The van der Waals surface area contributed by atoms with E-state index in [1.807, 2.05) is 24.3 Å². The number of allylic oxidation sites excluding steroid dienone is 1. The van der Waals surface area contributed by atoms with E-state index in [1.54, 1.807) is 12.1 Å². The van der Waals surface area contributed by atoms with Crippen LogP contribution in [0.1, 0.15) is 49.7 Å². The predicted molar refractivity (Wildman–Crippen MR) is 101 cm³/mol. The van der Waals surface area contributed by atoms with Gasteiger partial charge in [-0.05, 0) is 66.6 Å². The number of aromatic hydroxyl groups is 1. The Bertz CT molecular complexity index is 689. The van der Waals surface area contributed by atoms with Crippen LogP contribution in [0.3, 0.4) is 0 Å². The molecule has 0 unspecified atom stereocenters. The van der Waals surface area contributed by atoms with E-state index in [0.717, 1.165) is 24.2 Å². The van der Waals surface area contributed by atoms with Crippen molar-refractivity contribution in [2.75, 3.05) is 13.2 Å². The fourth-order valence-corrected chi connectivity index (χ4v) is 3.49. The quantitative estimate of drug-likeness (QED) is 0.761. The van der Waals surface area contributed by atoms with Crippen molar-refractivity contribution in [2.45, 2.75) is 38.5 Å². The van der Waals surface area contributed by atoms with Gasteiger partial charge in [-0.1, -0.05) is 42.7 Å². The second kappa shape index (κ2) is 8.72. The second-order valence-electron chi connectivity index (χ2n) is 6.54. The molecule has 0 bridgehead atoms. The minimum absolute atomic E-state index is 0.0184. The molecule has 1 aliphatic rings. The van der Waals surface area contributed by atoms with Gasteiger partial charge in [-0.2, -0.15) is 0 Å². The molecule has 3 nitrogen and oxygen atoms in total. The highest BCUT2D eigenvalue weighted by atomic mass is 16.5. The van der Waals surface area contributed by atoms with Crippen LogP contribution in [-0.2, 0) is 0 Å². The first-order valence-corrected chi connectivity index (χ1v) is 9.13. The van der Waals surface area contributed by atoms with E-state index < -0.39 is 0 Å². The average molecular weight is 338 g/mol. The minimum Gasteiger partial charge on any atom is -0.508 e. The summed E-state index contributed by atoms with van der Waals surface area (Å²) in [6.07, 6.45) is 7.38. The van der Waals surface area contributed by atoms with Crippen LogP contribution < -0.4 is 4.74 Å². The van der Waals surface area contributed by atoms with Gasteiger partial charge in [-0.3, -0.25) is 0 Å². The highest BCUT2D eigenvalue weighted by molar-refractivity contribution is 5.82. The molecule has 25 heavy (non-hydrogen) atoms. The fourth-order valence-electron chi connectivity index (χ4n) is 3.49. The molecule has 0 amide bonds. The summed E-state index contributed by atoms with van der Waals surface area (Å²) < 4.78 is 5.48. The van der Waals surface area contributed by atoms with Crippen molar-refractivity contribution >= 4 is 5.57 Å². The van der Waals surface area contributed by atoms with E-state index in [0.29, 0.717) is 12.4 Å². The van der Waals surface area contributed by atoms with Crippen LogP contribution in [0.2, 0.25) is 0 Å².